The van der Waals surface area contributed by atoms with E-state index in [9.17, 15) is 4.79 Å². The number of rotatable bonds is 3. The fraction of sp³-hybridized carbons (Fsp3) is 0.500. The van der Waals surface area contributed by atoms with Crippen LogP contribution in [-0.2, 0) is 6.67 Å². The molecule has 0 saturated heterocycles. The van der Waals surface area contributed by atoms with E-state index in [1.807, 2.05) is 20.1 Å². The molecular weight excluding hydrogens is 242 g/mol. The second-order valence-corrected chi connectivity index (χ2v) is 9.38. The van der Waals surface area contributed by atoms with E-state index >= 15 is 0 Å². The maximum atomic E-state index is 12.0. The lowest BCUT2D eigenvalue weighted by Crippen LogP contribution is -2.32. The van der Waals surface area contributed by atoms with Crippen molar-refractivity contribution in [2.24, 2.45) is 0 Å². The molecule has 7 heteroatoms. The van der Waals surface area contributed by atoms with Crippen molar-refractivity contribution >= 4 is 32.6 Å². The molecule has 0 aromatic carbocycles. The van der Waals surface area contributed by atoms with Gasteiger partial charge in [-0.2, -0.15) is 0 Å². The standard InChI is InChI=1S/C8H17N3OSSi2/c1-5-6(2)9-8(13-3)10(7(5)12)4-11(14)15/h4H2,1-3,14-15H3. The Morgan fingerprint density at radius 1 is 1.47 bits per heavy atom. The highest BCUT2D eigenvalue weighted by atomic mass is 32.2. The molecule has 0 fully saturated rings. The minimum absolute atomic E-state index is 0.101. The van der Waals surface area contributed by atoms with Gasteiger partial charge in [-0.05, 0) is 20.1 Å². The van der Waals surface area contributed by atoms with Crippen LogP contribution >= 0.6 is 11.8 Å². The maximum absolute atomic E-state index is 12.0. The van der Waals surface area contributed by atoms with Crippen molar-refractivity contribution in [1.82, 2.24) is 13.8 Å². The molecule has 0 spiro atoms. The van der Waals surface area contributed by atoms with Gasteiger partial charge in [-0.1, -0.05) is 11.8 Å². The van der Waals surface area contributed by atoms with Crippen LogP contribution in [0.15, 0.2) is 9.95 Å². The molecule has 1 aromatic heterocycles. The summed E-state index contributed by atoms with van der Waals surface area (Å²) in [5, 5.41) is 0.819. The molecule has 0 saturated carbocycles. The van der Waals surface area contributed by atoms with Gasteiger partial charge in [-0.15, -0.1) is 0 Å². The van der Waals surface area contributed by atoms with Crippen LogP contribution in [-0.4, -0.2) is 40.8 Å². The Morgan fingerprint density at radius 3 is 2.53 bits per heavy atom. The van der Waals surface area contributed by atoms with Gasteiger partial charge in [0.25, 0.3) is 5.56 Å². The number of aryl methyl sites for hydroxylation is 1. The average Bonchev–Trinajstić information content (AvgIpc) is 2.18. The zero-order chi connectivity index (χ0) is 11.6. The van der Waals surface area contributed by atoms with Crippen molar-refractivity contribution in [3.63, 3.8) is 0 Å². The molecule has 1 aromatic rings. The van der Waals surface area contributed by atoms with Crippen molar-refractivity contribution < 1.29 is 0 Å². The van der Waals surface area contributed by atoms with Gasteiger partial charge in [-0.25, -0.2) is 4.98 Å². The topological polar surface area (TPSA) is 38.1 Å². The Labute approximate surface area is 100 Å². The third-order valence-electron chi connectivity index (χ3n) is 2.21. The molecule has 0 amide bonds. The Balaban J connectivity index is 3.34. The predicted molar refractivity (Wildman–Crippen MR) is 71.5 cm³/mol. The Morgan fingerprint density at radius 2 is 2.07 bits per heavy atom. The second kappa shape index (κ2) is 5.10. The summed E-state index contributed by atoms with van der Waals surface area (Å²) >= 11 is 1.53. The van der Waals surface area contributed by atoms with E-state index in [1.54, 1.807) is 4.57 Å². The first-order valence-electron chi connectivity index (χ1n) is 4.74. The predicted octanol–water partition coefficient (Wildman–Crippen LogP) is -1.60. The van der Waals surface area contributed by atoms with E-state index in [4.69, 9.17) is 0 Å². The zero-order valence-electron chi connectivity index (χ0n) is 9.87. The molecule has 0 N–H and O–H groups in total. The molecule has 15 heavy (non-hydrogen) atoms. The first-order valence-corrected chi connectivity index (χ1v) is 7.75. The molecule has 0 atom stereocenters. The number of hydrogen-bond acceptors (Lipinski definition) is 4. The minimum Gasteiger partial charge on any atom is -0.344 e. The third-order valence-corrected chi connectivity index (χ3v) is 3.45. The first kappa shape index (κ1) is 12.7. The lowest BCUT2D eigenvalue weighted by Gasteiger charge is -2.17. The van der Waals surface area contributed by atoms with E-state index in [2.05, 4.69) is 9.22 Å². The summed E-state index contributed by atoms with van der Waals surface area (Å²) in [6.45, 7) is 4.43. The largest absolute Gasteiger partial charge is 0.344 e. The third kappa shape index (κ3) is 2.80. The number of nitrogens with zero attached hydrogens (tertiary/aromatic N) is 3. The molecule has 0 aliphatic carbocycles. The summed E-state index contributed by atoms with van der Waals surface area (Å²) in [5.41, 5.74) is 1.70. The van der Waals surface area contributed by atoms with Crippen LogP contribution in [0.2, 0.25) is 0 Å². The molecule has 84 valence electrons. The Kier molecular flexibility index (Phi) is 4.32. The molecule has 4 nitrogen and oxygen atoms in total. The van der Waals surface area contributed by atoms with Crippen LogP contribution in [0.3, 0.4) is 0 Å². The molecular formula is C8H17N3OSSi2. The van der Waals surface area contributed by atoms with Crippen molar-refractivity contribution in [2.75, 3.05) is 6.26 Å². The molecule has 0 bridgehead atoms. The SMILES string of the molecule is CSc1nc(C)c(C)c(=O)n1CN([SiH3])[SiH3]. The second-order valence-electron chi connectivity index (χ2n) is 3.76. The Bertz CT molecular complexity index is 419. The van der Waals surface area contributed by atoms with Crippen molar-refractivity contribution in [3.05, 3.63) is 21.6 Å². The molecule has 0 radical (unpaired) electrons. The lowest BCUT2D eigenvalue weighted by atomic mass is 10.3. The normalized spacial score (nSPS) is 11.5. The van der Waals surface area contributed by atoms with Gasteiger partial charge in [0, 0.05) is 11.3 Å². The van der Waals surface area contributed by atoms with Crippen molar-refractivity contribution in [2.45, 2.75) is 25.7 Å². The highest BCUT2D eigenvalue weighted by molar-refractivity contribution is 7.98. The summed E-state index contributed by atoms with van der Waals surface area (Å²) in [6.07, 6.45) is 1.96. The van der Waals surface area contributed by atoms with Crippen LogP contribution in [0.5, 0.6) is 0 Å². The molecule has 0 aliphatic heterocycles. The van der Waals surface area contributed by atoms with Crippen LogP contribution in [0.25, 0.3) is 0 Å². The fourth-order valence-corrected chi connectivity index (χ4v) is 2.45. The minimum atomic E-state index is 0.101. The highest BCUT2D eigenvalue weighted by Crippen LogP contribution is 2.11. The van der Waals surface area contributed by atoms with Crippen LogP contribution in [0.1, 0.15) is 11.3 Å². The van der Waals surface area contributed by atoms with Crippen LogP contribution in [0, 0.1) is 13.8 Å². The number of hydrogen-bond donors (Lipinski definition) is 0. The molecule has 0 unspecified atom stereocenters. The van der Waals surface area contributed by atoms with Gasteiger partial charge in [0.2, 0.25) is 0 Å². The quantitative estimate of drug-likeness (QED) is 0.372. The van der Waals surface area contributed by atoms with E-state index in [-0.39, 0.29) is 5.56 Å². The maximum Gasteiger partial charge on any atom is 0.258 e. The summed E-state index contributed by atoms with van der Waals surface area (Å²) in [7, 11) is 1.99. The van der Waals surface area contributed by atoms with Gasteiger partial charge in [0.1, 0.15) is 0 Å². The summed E-state index contributed by atoms with van der Waals surface area (Å²) in [6, 6.07) is 0. The molecule has 1 heterocycles. The summed E-state index contributed by atoms with van der Waals surface area (Å²) in [4.78, 5) is 16.5. The fourth-order valence-electron chi connectivity index (χ4n) is 1.30. The van der Waals surface area contributed by atoms with Gasteiger partial charge < -0.3 is 4.23 Å². The highest BCUT2D eigenvalue weighted by Gasteiger charge is 2.10. The van der Waals surface area contributed by atoms with Gasteiger partial charge in [-0.3, -0.25) is 9.36 Å². The zero-order valence-corrected chi connectivity index (χ0v) is 14.7. The average molecular weight is 259 g/mol. The van der Waals surface area contributed by atoms with Gasteiger partial charge >= 0.3 is 0 Å². The van der Waals surface area contributed by atoms with E-state index in [1.165, 1.54) is 11.8 Å². The van der Waals surface area contributed by atoms with Crippen molar-refractivity contribution in [1.29, 1.82) is 0 Å². The molecule has 0 aliphatic rings. The number of aromatic nitrogens is 2. The van der Waals surface area contributed by atoms with E-state index in [0.717, 1.165) is 37.2 Å². The lowest BCUT2D eigenvalue weighted by molar-refractivity contribution is 0.469. The van der Waals surface area contributed by atoms with Gasteiger partial charge in [0.05, 0.1) is 27.5 Å². The van der Waals surface area contributed by atoms with E-state index in [0.29, 0.717) is 6.67 Å². The number of thioether (sulfide) groups is 1. The monoisotopic (exact) mass is 259 g/mol. The van der Waals surface area contributed by atoms with E-state index < -0.39 is 0 Å². The molecule has 1 rings (SSSR count). The van der Waals surface area contributed by atoms with Gasteiger partial charge in [0.15, 0.2) is 5.16 Å². The Hall–Kier alpha value is -0.376. The van der Waals surface area contributed by atoms with Crippen LogP contribution < -0.4 is 5.56 Å². The first-order chi connectivity index (χ1) is 6.97. The van der Waals surface area contributed by atoms with Crippen LogP contribution in [0.4, 0.5) is 0 Å². The smallest absolute Gasteiger partial charge is 0.258 e. The van der Waals surface area contributed by atoms with Crippen molar-refractivity contribution in [3.8, 4) is 0 Å². The summed E-state index contributed by atoms with van der Waals surface area (Å²) < 4.78 is 4.00. The summed E-state index contributed by atoms with van der Waals surface area (Å²) in [5.74, 6) is 0.